The monoisotopic (exact) mass is 290 g/mol. The average Bonchev–Trinajstić information content (AvgIpc) is 2.39. The zero-order valence-corrected chi connectivity index (χ0v) is 11.3. The van der Waals surface area contributed by atoms with Gasteiger partial charge in [-0.3, -0.25) is 0 Å². The molecule has 0 bridgehead atoms. The van der Waals surface area contributed by atoms with E-state index in [1.807, 2.05) is 24.3 Å². The highest BCUT2D eigenvalue weighted by Crippen LogP contribution is 2.35. The Bertz CT molecular complexity index is 766. The van der Waals surface area contributed by atoms with Crippen molar-refractivity contribution in [3.05, 3.63) is 70.5 Å². The number of rotatable bonds is 1. The van der Waals surface area contributed by atoms with E-state index in [-0.39, 0.29) is 5.82 Å². The molecule has 3 heteroatoms. The minimum Gasteiger partial charge on any atom is -0.206 e. The summed E-state index contributed by atoms with van der Waals surface area (Å²) in [5.41, 5.74) is 1.75. The number of halogens is 3. The van der Waals surface area contributed by atoms with Crippen LogP contribution in [-0.4, -0.2) is 0 Å². The summed E-state index contributed by atoms with van der Waals surface area (Å²) in [5, 5.41) is 2.57. The van der Waals surface area contributed by atoms with Gasteiger partial charge in [0.05, 0.1) is 0 Å². The number of fused-ring (bicyclic) bond motifs is 1. The first-order chi connectivity index (χ1) is 9.16. The minimum atomic E-state index is -0.232. The smallest absolute Gasteiger partial charge is 0.131 e. The van der Waals surface area contributed by atoms with Gasteiger partial charge in [0, 0.05) is 21.0 Å². The molecule has 0 N–H and O–H groups in total. The van der Waals surface area contributed by atoms with Crippen molar-refractivity contribution in [1.29, 1.82) is 0 Å². The van der Waals surface area contributed by atoms with Gasteiger partial charge in [0.15, 0.2) is 0 Å². The van der Waals surface area contributed by atoms with Crippen molar-refractivity contribution in [3.63, 3.8) is 0 Å². The molecule has 0 heterocycles. The minimum absolute atomic E-state index is 0.232. The van der Waals surface area contributed by atoms with Crippen molar-refractivity contribution in [2.75, 3.05) is 0 Å². The van der Waals surface area contributed by atoms with Crippen molar-refractivity contribution in [3.8, 4) is 11.1 Å². The molecule has 0 nitrogen and oxygen atoms in total. The van der Waals surface area contributed by atoms with Gasteiger partial charge in [-0.15, -0.1) is 0 Å². The number of hydrogen-bond donors (Lipinski definition) is 0. The molecule has 3 aromatic carbocycles. The molecule has 0 saturated heterocycles. The summed E-state index contributed by atoms with van der Waals surface area (Å²) in [6.07, 6.45) is 0. The molecule has 0 aliphatic heterocycles. The quantitative estimate of drug-likeness (QED) is 0.519. The highest BCUT2D eigenvalue weighted by molar-refractivity contribution is 6.36. The standard InChI is InChI=1S/C16H9Cl2F/c17-10-7-8-13(15(18)9-10)11-3-1-5-14-12(11)4-2-6-16(14)19/h1-9H. The van der Waals surface area contributed by atoms with Crippen molar-refractivity contribution >= 4 is 34.0 Å². The second-order valence-corrected chi connectivity index (χ2v) is 5.11. The third kappa shape index (κ3) is 2.20. The van der Waals surface area contributed by atoms with Gasteiger partial charge in [-0.1, -0.05) is 59.6 Å². The van der Waals surface area contributed by atoms with Crippen LogP contribution in [0.1, 0.15) is 0 Å². The van der Waals surface area contributed by atoms with E-state index in [0.717, 1.165) is 16.5 Å². The Morgan fingerprint density at radius 3 is 2.26 bits per heavy atom. The fourth-order valence-electron chi connectivity index (χ4n) is 2.21. The van der Waals surface area contributed by atoms with E-state index in [0.29, 0.717) is 15.4 Å². The Hall–Kier alpha value is -1.57. The van der Waals surface area contributed by atoms with Gasteiger partial charge in [0.1, 0.15) is 5.82 Å². The maximum absolute atomic E-state index is 13.8. The van der Waals surface area contributed by atoms with Gasteiger partial charge in [0.2, 0.25) is 0 Å². The van der Waals surface area contributed by atoms with E-state index in [1.165, 1.54) is 6.07 Å². The van der Waals surface area contributed by atoms with Crippen LogP contribution in [0.25, 0.3) is 21.9 Å². The lowest BCUT2D eigenvalue weighted by Crippen LogP contribution is -1.85. The van der Waals surface area contributed by atoms with Crippen molar-refractivity contribution in [2.45, 2.75) is 0 Å². The lowest BCUT2D eigenvalue weighted by atomic mass is 9.98. The zero-order chi connectivity index (χ0) is 13.4. The van der Waals surface area contributed by atoms with Crippen LogP contribution in [0.15, 0.2) is 54.6 Å². The molecule has 94 valence electrons. The molecular formula is C16H9Cl2F. The second-order valence-electron chi connectivity index (χ2n) is 4.26. The van der Waals surface area contributed by atoms with E-state index in [9.17, 15) is 4.39 Å². The van der Waals surface area contributed by atoms with Crippen LogP contribution in [0.4, 0.5) is 4.39 Å². The molecule has 19 heavy (non-hydrogen) atoms. The maximum atomic E-state index is 13.8. The Morgan fingerprint density at radius 2 is 1.47 bits per heavy atom. The van der Waals surface area contributed by atoms with Gasteiger partial charge in [-0.25, -0.2) is 4.39 Å². The van der Waals surface area contributed by atoms with Crippen LogP contribution in [0.5, 0.6) is 0 Å². The highest BCUT2D eigenvalue weighted by Gasteiger charge is 2.09. The van der Waals surface area contributed by atoms with Gasteiger partial charge >= 0.3 is 0 Å². The summed E-state index contributed by atoms with van der Waals surface area (Å²) >= 11 is 12.1. The lowest BCUT2D eigenvalue weighted by Gasteiger charge is -2.09. The SMILES string of the molecule is Fc1cccc2c(-c3ccc(Cl)cc3Cl)cccc12. The number of hydrogen-bond acceptors (Lipinski definition) is 0. The van der Waals surface area contributed by atoms with Crippen LogP contribution in [-0.2, 0) is 0 Å². The molecule has 0 fully saturated rings. The van der Waals surface area contributed by atoms with E-state index in [2.05, 4.69) is 0 Å². The molecule has 0 radical (unpaired) electrons. The van der Waals surface area contributed by atoms with Crippen LogP contribution >= 0.6 is 23.2 Å². The van der Waals surface area contributed by atoms with E-state index >= 15 is 0 Å². The zero-order valence-electron chi connectivity index (χ0n) is 9.83. The summed E-state index contributed by atoms with van der Waals surface area (Å²) in [6, 6.07) is 15.9. The molecule has 0 aromatic heterocycles. The summed E-state index contributed by atoms with van der Waals surface area (Å²) in [6.45, 7) is 0. The molecule has 0 unspecified atom stereocenters. The van der Waals surface area contributed by atoms with Gasteiger partial charge < -0.3 is 0 Å². The predicted octanol–water partition coefficient (Wildman–Crippen LogP) is 5.95. The Labute approximate surface area is 120 Å². The Kier molecular flexibility index (Phi) is 3.17. The maximum Gasteiger partial charge on any atom is 0.131 e. The Balaban J connectivity index is 2.34. The van der Waals surface area contributed by atoms with Crippen LogP contribution in [0.2, 0.25) is 10.0 Å². The lowest BCUT2D eigenvalue weighted by molar-refractivity contribution is 0.640. The molecule has 3 rings (SSSR count). The first kappa shape index (κ1) is 12.5. The summed E-state index contributed by atoms with van der Waals surface area (Å²) in [5.74, 6) is -0.232. The molecule has 3 aromatic rings. The fraction of sp³-hybridized carbons (Fsp3) is 0. The van der Waals surface area contributed by atoms with Crippen LogP contribution in [0.3, 0.4) is 0 Å². The first-order valence-electron chi connectivity index (χ1n) is 5.79. The molecule has 0 saturated carbocycles. The van der Waals surface area contributed by atoms with Crippen LogP contribution < -0.4 is 0 Å². The summed E-state index contributed by atoms with van der Waals surface area (Å²) in [4.78, 5) is 0. The topological polar surface area (TPSA) is 0 Å². The third-order valence-electron chi connectivity index (χ3n) is 3.09. The highest BCUT2D eigenvalue weighted by atomic mass is 35.5. The second kappa shape index (κ2) is 4.84. The van der Waals surface area contributed by atoms with Gasteiger partial charge in [-0.2, -0.15) is 0 Å². The predicted molar refractivity (Wildman–Crippen MR) is 79.4 cm³/mol. The molecule has 0 aliphatic carbocycles. The van der Waals surface area contributed by atoms with Gasteiger partial charge in [-0.05, 0) is 29.1 Å². The van der Waals surface area contributed by atoms with Crippen molar-refractivity contribution < 1.29 is 4.39 Å². The van der Waals surface area contributed by atoms with Crippen LogP contribution in [0, 0.1) is 5.82 Å². The Morgan fingerprint density at radius 1 is 0.737 bits per heavy atom. The average molecular weight is 291 g/mol. The fourth-order valence-corrected chi connectivity index (χ4v) is 2.72. The van der Waals surface area contributed by atoms with Gasteiger partial charge in [0.25, 0.3) is 0 Å². The number of benzene rings is 3. The van der Waals surface area contributed by atoms with Crippen molar-refractivity contribution in [1.82, 2.24) is 0 Å². The van der Waals surface area contributed by atoms with E-state index < -0.39 is 0 Å². The largest absolute Gasteiger partial charge is 0.206 e. The molecule has 0 spiro atoms. The molecule has 0 aliphatic rings. The first-order valence-corrected chi connectivity index (χ1v) is 6.55. The molecule has 0 amide bonds. The summed E-state index contributed by atoms with van der Waals surface area (Å²) in [7, 11) is 0. The van der Waals surface area contributed by atoms with E-state index in [4.69, 9.17) is 23.2 Å². The van der Waals surface area contributed by atoms with Crippen molar-refractivity contribution in [2.24, 2.45) is 0 Å². The van der Waals surface area contributed by atoms with E-state index in [1.54, 1.807) is 24.3 Å². The third-order valence-corrected chi connectivity index (χ3v) is 3.64. The molecular weight excluding hydrogens is 282 g/mol. The normalized spacial score (nSPS) is 10.9. The summed E-state index contributed by atoms with van der Waals surface area (Å²) < 4.78 is 13.8. The molecule has 0 atom stereocenters.